The molecule has 0 spiro atoms. The molecular weight excluding hydrogens is 330 g/mol. The zero-order valence-corrected chi connectivity index (χ0v) is 14.8. The second kappa shape index (κ2) is 6.18. The van der Waals surface area contributed by atoms with Gasteiger partial charge < -0.3 is 9.88 Å². The van der Waals surface area contributed by atoms with Crippen LogP contribution in [0, 0.1) is 0 Å². The van der Waals surface area contributed by atoms with Gasteiger partial charge in [0, 0.05) is 46.5 Å². The molecule has 3 aromatic heterocycles. The van der Waals surface area contributed by atoms with Crippen LogP contribution in [0.25, 0.3) is 22.2 Å². The number of Topliss-reactive ketones (excluding diaryl/α,β-unsaturated/α-hetero) is 1. The van der Waals surface area contributed by atoms with Gasteiger partial charge >= 0.3 is 0 Å². The van der Waals surface area contributed by atoms with E-state index in [1.165, 1.54) is 5.56 Å². The Balaban J connectivity index is 1.79. The first-order valence-corrected chi connectivity index (χ1v) is 8.93. The van der Waals surface area contributed by atoms with E-state index in [9.17, 15) is 4.79 Å². The Morgan fingerprint density at radius 2 is 2.08 bits per heavy atom. The van der Waals surface area contributed by atoms with Gasteiger partial charge in [0.25, 0.3) is 0 Å². The summed E-state index contributed by atoms with van der Waals surface area (Å²) in [5.41, 5.74) is 5.01. The molecule has 0 atom stereocenters. The van der Waals surface area contributed by atoms with Crippen molar-refractivity contribution < 1.29 is 4.79 Å². The van der Waals surface area contributed by atoms with Crippen LogP contribution in [-0.4, -0.2) is 15.3 Å². The molecule has 5 heteroatoms. The standard InChI is InChI=1S/C20H17N3OS/c1-13(24)14-4-3-5-16(10-14)22-20-17-11-19(15-7-9-25-12-15)23(2)18(17)6-8-21-20/h3-12H,1-2H3,(H,21,22). The van der Waals surface area contributed by atoms with Crippen LogP contribution >= 0.6 is 11.3 Å². The SMILES string of the molecule is CC(=O)c1cccc(Nc2nccc3c2cc(-c2ccsc2)n3C)c1. The van der Waals surface area contributed by atoms with Crippen molar-refractivity contribution in [1.82, 2.24) is 9.55 Å². The number of nitrogens with zero attached hydrogens (tertiary/aromatic N) is 2. The third-order valence-corrected chi connectivity index (χ3v) is 5.00. The molecule has 0 saturated carbocycles. The van der Waals surface area contributed by atoms with Gasteiger partial charge in [-0.25, -0.2) is 4.98 Å². The first-order chi connectivity index (χ1) is 12.1. The quantitative estimate of drug-likeness (QED) is 0.513. The maximum atomic E-state index is 11.6. The predicted octanol–water partition coefficient (Wildman–Crippen LogP) is 5.25. The van der Waals surface area contributed by atoms with E-state index in [1.54, 1.807) is 24.5 Å². The summed E-state index contributed by atoms with van der Waals surface area (Å²) in [4.78, 5) is 16.1. The first kappa shape index (κ1) is 15.6. The predicted molar refractivity (Wildman–Crippen MR) is 104 cm³/mol. The molecule has 0 aliphatic carbocycles. The molecule has 124 valence electrons. The minimum absolute atomic E-state index is 0.0503. The summed E-state index contributed by atoms with van der Waals surface area (Å²) in [6.45, 7) is 1.57. The number of rotatable bonds is 4. The summed E-state index contributed by atoms with van der Waals surface area (Å²) in [6, 6.07) is 13.8. The van der Waals surface area contributed by atoms with Gasteiger partial charge in [0.2, 0.25) is 0 Å². The van der Waals surface area contributed by atoms with Crippen LogP contribution < -0.4 is 5.32 Å². The molecule has 0 fully saturated rings. The van der Waals surface area contributed by atoms with Crippen molar-refractivity contribution in [3.63, 3.8) is 0 Å². The molecular formula is C20H17N3OS. The van der Waals surface area contributed by atoms with Crippen LogP contribution in [-0.2, 0) is 7.05 Å². The Morgan fingerprint density at radius 1 is 1.20 bits per heavy atom. The van der Waals surface area contributed by atoms with Crippen molar-refractivity contribution in [2.24, 2.45) is 7.05 Å². The molecule has 0 aliphatic heterocycles. The maximum absolute atomic E-state index is 11.6. The number of pyridine rings is 1. The fourth-order valence-electron chi connectivity index (χ4n) is 3.00. The molecule has 0 aliphatic rings. The largest absolute Gasteiger partial charge is 0.343 e. The van der Waals surface area contributed by atoms with E-state index in [0.29, 0.717) is 5.56 Å². The van der Waals surface area contributed by atoms with E-state index in [-0.39, 0.29) is 5.78 Å². The number of carbonyl (C=O) groups excluding carboxylic acids is 1. The minimum atomic E-state index is 0.0503. The monoisotopic (exact) mass is 347 g/mol. The number of hydrogen-bond donors (Lipinski definition) is 1. The summed E-state index contributed by atoms with van der Waals surface area (Å²) in [7, 11) is 2.06. The topological polar surface area (TPSA) is 46.9 Å². The van der Waals surface area contributed by atoms with Crippen molar-refractivity contribution in [1.29, 1.82) is 0 Å². The van der Waals surface area contributed by atoms with Crippen LogP contribution in [0.1, 0.15) is 17.3 Å². The van der Waals surface area contributed by atoms with Gasteiger partial charge in [-0.3, -0.25) is 4.79 Å². The normalized spacial score (nSPS) is 11.0. The lowest BCUT2D eigenvalue weighted by Gasteiger charge is -2.08. The molecule has 0 bridgehead atoms. The molecule has 3 heterocycles. The number of aromatic nitrogens is 2. The summed E-state index contributed by atoms with van der Waals surface area (Å²) in [5, 5.41) is 8.63. The summed E-state index contributed by atoms with van der Waals surface area (Å²) in [6.07, 6.45) is 1.80. The molecule has 1 aromatic carbocycles. The summed E-state index contributed by atoms with van der Waals surface area (Å²) >= 11 is 1.69. The Morgan fingerprint density at radius 3 is 2.84 bits per heavy atom. The molecule has 0 unspecified atom stereocenters. The van der Waals surface area contributed by atoms with Gasteiger partial charge in [0.1, 0.15) is 5.82 Å². The first-order valence-electron chi connectivity index (χ1n) is 7.98. The van der Waals surface area contributed by atoms with E-state index in [0.717, 1.165) is 28.1 Å². The highest BCUT2D eigenvalue weighted by atomic mass is 32.1. The molecule has 25 heavy (non-hydrogen) atoms. The minimum Gasteiger partial charge on any atom is -0.343 e. The average molecular weight is 347 g/mol. The highest BCUT2D eigenvalue weighted by Crippen LogP contribution is 2.32. The lowest BCUT2D eigenvalue weighted by atomic mass is 10.1. The Bertz CT molecular complexity index is 1060. The number of carbonyl (C=O) groups is 1. The van der Waals surface area contributed by atoms with Gasteiger partial charge in [-0.1, -0.05) is 12.1 Å². The van der Waals surface area contributed by atoms with Gasteiger partial charge in [-0.05, 0) is 42.6 Å². The maximum Gasteiger partial charge on any atom is 0.159 e. The number of benzene rings is 1. The number of nitrogens with one attached hydrogen (secondary N) is 1. The van der Waals surface area contributed by atoms with Crippen LogP contribution in [0.15, 0.2) is 59.4 Å². The lowest BCUT2D eigenvalue weighted by Crippen LogP contribution is -1.97. The number of hydrogen-bond acceptors (Lipinski definition) is 4. The van der Waals surface area contributed by atoms with Gasteiger partial charge in [-0.2, -0.15) is 11.3 Å². The molecule has 4 rings (SSSR count). The third-order valence-electron chi connectivity index (χ3n) is 4.32. The number of thiophene rings is 1. The van der Waals surface area contributed by atoms with E-state index in [1.807, 2.05) is 30.3 Å². The number of aryl methyl sites for hydroxylation is 1. The molecule has 0 radical (unpaired) electrons. The van der Waals surface area contributed by atoms with Crippen LogP contribution in [0.4, 0.5) is 11.5 Å². The van der Waals surface area contributed by atoms with Crippen molar-refractivity contribution in [3.05, 3.63) is 65.0 Å². The second-order valence-corrected chi connectivity index (χ2v) is 6.74. The van der Waals surface area contributed by atoms with Gasteiger partial charge in [-0.15, -0.1) is 0 Å². The van der Waals surface area contributed by atoms with E-state index < -0.39 is 0 Å². The summed E-state index contributed by atoms with van der Waals surface area (Å²) in [5.74, 6) is 0.838. The Hall–Kier alpha value is -2.92. The van der Waals surface area contributed by atoms with Crippen molar-refractivity contribution in [2.45, 2.75) is 6.92 Å². The van der Waals surface area contributed by atoms with Crippen molar-refractivity contribution in [2.75, 3.05) is 5.32 Å². The number of ketones is 1. The van der Waals surface area contributed by atoms with E-state index >= 15 is 0 Å². The zero-order valence-electron chi connectivity index (χ0n) is 14.0. The third kappa shape index (κ3) is 2.83. The lowest BCUT2D eigenvalue weighted by molar-refractivity contribution is 0.101. The zero-order chi connectivity index (χ0) is 17.4. The summed E-state index contributed by atoms with van der Waals surface area (Å²) < 4.78 is 2.18. The van der Waals surface area contributed by atoms with E-state index in [2.05, 4.69) is 44.8 Å². The Kier molecular flexibility index (Phi) is 3.86. The molecule has 1 N–H and O–H groups in total. The smallest absolute Gasteiger partial charge is 0.159 e. The molecule has 0 amide bonds. The van der Waals surface area contributed by atoms with Gasteiger partial charge in [0.15, 0.2) is 5.78 Å². The average Bonchev–Trinajstić information content (AvgIpc) is 3.24. The van der Waals surface area contributed by atoms with Crippen molar-refractivity contribution >= 4 is 39.5 Å². The van der Waals surface area contributed by atoms with Crippen LogP contribution in [0.5, 0.6) is 0 Å². The second-order valence-electron chi connectivity index (χ2n) is 5.95. The fraction of sp³-hybridized carbons (Fsp3) is 0.100. The van der Waals surface area contributed by atoms with Crippen LogP contribution in [0.3, 0.4) is 0 Å². The Labute approximate surface area is 149 Å². The van der Waals surface area contributed by atoms with E-state index in [4.69, 9.17) is 0 Å². The van der Waals surface area contributed by atoms with Crippen molar-refractivity contribution in [3.8, 4) is 11.3 Å². The van der Waals surface area contributed by atoms with Gasteiger partial charge in [0.05, 0.1) is 5.52 Å². The highest BCUT2D eigenvalue weighted by molar-refractivity contribution is 7.08. The van der Waals surface area contributed by atoms with Crippen LogP contribution in [0.2, 0.25) is 0 Å². The molecule has 4 aromatic rings. The fourth-order valence-corrected chi connectivity index (χ4v) is 3.65. The molecule has 4 nitrogen and oxygen atoms in total. The number of fused-ring (bicyclic) bond motifs is 1. The number of anilines is 2. The molecule has 0 saturated heterocycles. The highest BCUT2D eigenvalue weighted by Gasteiger charge is 2.12.